The summed E-state index contributed by atoms with van der Waals surface area (Å²) in [6.07, 6.45) is 1.78. The molecule has 0 unspecified atom stereocenters. The van der Waals surface area contributed by atoms with Gasteiger partial charge in [-0.05, 0) is 51.6 Å². The minimum absolute atomic E-state index is 0.863. The Hall–Kier alpha value is -2.20. The van der Waals surface area contributed by atoms with Gasteiger partial charge >= 0.3 is 0 Å². The van der Waals surface area contributed by atoms with Crippen molar-refractivity contribution in [3.63, 3.8) is 0 Å². The van der Waals surface area contributed by atoms with Gasteiger partial charge in [0.25, 0.3) is 0 Å². The van der Waals surface area contributed by atoms with Crippen LogP contribution in [0.2, 0.25) is 0 Å². The smallest absolute Gasteiger partial charge is 0.138 e. The van der Waals surface area contributed by atoms with E-state index >= 15 is 0 Å². The fourth-order valence-electron chi connectivity index (χ4n) is 2.42. The first kappa shape index (κ1) is 11.6. The number of hydrogen-bond acceptors (Lipinski definition) is 2. The second-order valence-electron chi connectivity index (χ2n) is 4.55. The van der Waals surface area contributed by atoms with Crippen molar-refractivity contribution < 1.29 is 0 Å². The summed E-state index contributed by atoms with van der Waals surface area (Å²) in [6, 6.07) is 18.2. The number of nitrogens with zero attached hydrogens (tertiary/aromatic N) is 3. The summed E-state index contributed by atoms with van der Waals surface area (Å²) >= 11 is 3.67. The predicted molar refractivity (Wildman–Crippen MR) is 83.6 cm³/mol. The highest BCUT2D eigenvalue weighted by Crippen LogP contribution is 2.30. The normalized spacial score (nSPS) is 11.2. The SMILES string of the molecule is Brc1c(-c2ccccn2)nc2ccc3ccccc3n12. The van der Waals surface area contributed by atoms with Crippen LogP contribution >= 0.6 is 15.9 Å². The minimum Gasteiger partial charge on any atom is -0.286 e. The summed E-state index contributed by atoms with van der Waals surface area (Å²) in [5, 5.41) is 1.19. The molecule has 0 aliphatic carbocycles. The molecule has 0 aliphatic rings. The molecule has 4 rings (SSSR count). The van der Waals surface area contributed by atoms with Crippen LogP contribution in [0.4, 0.5) is 0 Å². The van der Waals surface area contributed by atoms with Gasteiger partial charge in [-0.2, -0.15) is 0 Å². The Morgan fingerprint density at radius 3 is 2.60 bits per heavy atom. The maximum atomic E-state index is 4.69. The van der Waals surface area contributed by atoms with Crippen LogP contribution in [0, 0.1) is 0 Å². The monoisotopic (exact) mass is 323 g/mol. The first-order valence-corrected chi connectivity index (χ1v) is 7.11. The molecule has 0 N–H and O–H groups in total. The van der Waals surface area contributed by atoms with Gasteiger partial charge in [0.05, 0.1) is 11.2 Å². The van der Waals surface area contributed by atoms with E-state index in [1.807, 2.05) is 36.4 Å². The van der Waals surface area contributed by atoms with Crippen molar-refractivity contribution in [3.8, 4) is 11.4 Å². The Bertz CT molecular complexity index is 913. The lowest BCUT2D eigenvalue weighted by Crippen LogP contribution is -1.88. The average Bonchev–Trinajstić information content (AvgIpc) is 2.86. The highest BCUT2D eigenvalue weighted by atomic mass is 79.9. The maximum Gasteiger partial charge on any atom is 0.138 e. The maximum absolute atomic E-state index is 4.69. The molecule has 0 atom stereocenters. The number of benzene rings is 1. The van der Waals surface area contributed by atoms with Crippen LogP contribution in [0.1, 0.15) is 0 Å². The molecule has 1 aromatic carbocycles. The van der Waals surface area contributed by atoms with E-state index in [2.05, 4.69) is 48.5 Å². The fraction of sp³-hybridized carbons (Fsp3) is 0. The van der Waals surface area contributed by atoms with Gasteiger partial charge in [-0.15, -0.1) is 0 Å². The zero-order valence-corrected chi connectivity index (χ0v) is 12.1. The summed E-state index contributed by atoms with van der Waals surface area (Å²) in [7, 11) is 0. The van der Waals surface area contributed by atoms with Crippen LogP contribution in [-0.2, 0) is 0 Å². The number of imidazole rings is 1. The van der Waals surface area contributed by atoms with Gasteiger partial charge in [0, 0.05) is 6.20 Å². The number of fused-ring (bicyclic) bond motifs is 3. The van der Waals surface area contributed by atoms with Gasteiger partial charge in [-0.3, -0.25) is 9.38 Å². The third-order valence-electron chi connectivity index (χ3n) is 3.34. The third-order valence-corrected chi connectivity index (χ3v) is 4.07. The van der Waals surface area contributed by atoms with E-state index in [0.717, 1.165) is 27.2 Å². The Kier molecular flexibility index (Phi) is 2.57. The molecule has 0 radical (unpaired) electrons. The van der Waals surface area contributed by atoms with E-state index in [-0.39, 0.29) is 0 Å². The van der Waals surface area contributed by atoms with Gasteiger partial charge in [0.2, 0.25) is 0 Å². The van der Waals surface area contributed by atoms with Crippen molar-refractivity contribution in [2.45, 2.75) is 0 Å². The van der Waals surface area contributed by atoms with Gasteiger partial charge in [0.1, 0.15) is 15.9 Å². The first-order chi connectivity index (χ1) is 9.84. The summed E-state index contributed by atoms with van der Waals surface area (Å²) in [5.74, 6) is 0. The number of rotatable bonds is 1. The lowest BCUT2D eigenvalue weighted by molar-refractivity contribution is 1.22. The number of halogens is 1. The standard InChI is InChI=1S/C16H10BrN3/c17-16-15(12-6-3-4-10-18-12)19-14-9-8-11-5-1-2-7-13(11)20(14)16/h1-10H. The molecule has 0 spiro atoms. The molecule has 0 amide bonds. The summed E-state index contributed by atoms with van der Waals surface area (Å²) in [4.78, 5) is 9.07. The molecule has 3 heterocycles. The van der Waals surface area contributed by atoms with Crippen molar-refractivity contribution in [1.29, 1.82) is 0 Å². The van der Waals surface area contributed by atoms with E-state index < -0.39 is 0 Å². The quantitative estimate of drug-likeness (QED) is 0.522. The number of aromatic nitrogens is 3. The molecule has 3 nitrogen and oxygen atoms in total. The molecule has 0 bridgehead atoms. The molecule has 0 aliphatic heterocycles. The van der Waals surface area contributed by atoms with Gasteiger partial charge < -0.3 is 0 Å². The molecule has 4 aromatic rings. The van der Waals surface area contributed by atoms with Crippen molar-refractivity contribution in [3.05, 3.63) is 65.4 Å². The van der Waals surface area contributed by atoms with Crippen LogP contribution in [0.15, 0.2) is 65.4 Å². The van der Waals surface area contributed by atoms with Crippen LogP contribution in [0.25, 0.3) is 27.9 Å². The molecule has 4 heteroatoms. The molecule has 3 aromatic heterocycles. The highest BCUT2D eigenvalue weighted by molar-refractivity contribution is 9.10. The number of pyridine rings is 2. The summed E-state index contributed by atoms with van der Waals surface area (Å²) in [5.41, 5.74) is 3.77. The van der Waals surface area contributed by atoms with E-state index in [9.17, 15) is 0 Å². The second kappa shape index (κ2) is 4.42. The largest absolute Gasteiger partial charge is 0.286 e. The van der Waals surface area contributed by atoms with E-state index in [1.54, 1.807) is 6.20 Å². The zero-order chi connectivity index (χ0) is 13.5. The van der Waals surface area contributed by atoms with Crippen LogP contribution in [-0.4, -0.2) is 14.4 Å². The zero-order valence-electron chi connectivity index (χ0n) is 10.5. The second-order valence-corrected chi connectivity index (χ2v) is 5.30. The van der Waals surface area contributed by atoms with Crippen LogP contribution < -0.4 is 0 Å². The van der Waals surface area contributed by atoms with Gasteiger partial charge in [-0.1, -0.05) is 24.3 Å². The predicted octanol–water partition coefficient (Wildman–Crippen LogP) is 4.31. The number of hydrogen-bond donors (Lipinski definition) is 0. The molecule has 20 heavy (non-hydrogen) atoms. The Labute approximate surface area is 124 Å². The minimum atomic E-state index is 0.863. The average molecular weight is 324 g/mol. The van der Waals surface area contributed by atoms with Crippen molar-refractivity contribution in [2.75, 3.05) is 0 Å². The van der Waals surface area contributed by atoms with Crippen molar-refractivity contribution in [1.82, 2.24) is 14.4 Å². The van der Waals surface area contributed by atoms with Gasteiger partial charge in [-0.25, -0.2) is 4.98 Å². The molecule has 0 saturated carbocycles. The molecular weight excluding hydrogens is 314 g/mol. The van der Waals surface area contributed by atoms with Crippen LogP contribution in [0.5, 0.6) is 0 Å². The topological polar surface area (TPSA) is 30.2 Å². The Morgan fingerprint density at radius 2 is 1.75 bits per heavy atom. The van der Waals surface area contributed by atoms with Crippen molar-refractivity contribution in [2.24, 2.45) is 0 Å². The van der Waals surface area contributed by atoms with E-state index in [0.29, 0.717) is 0 Å². The molecule has 0 fully saturated rings. The number of para-hydroxylation sites is 1. The summed E-state index contributed by atoms with van der Waals surface area (Å²) in [6.45, 7) is 0. The van der Waals surface area contributed by atoms with E-state index in [1.165, 1.54) is 5.39 Å². The highest BCUT2D eigenvalue weighted by Gasteiger charge is 2.14. The van der Waals surface area contributed by atoms with E-state index in [4.69, 9.17) is 0 Å². The first-order valence-electron chi connectivity index (χ1n) is 6.32. The Balaban J connectivity index is 2.11. The fourth-order valence-corrected chi connectivity index (χ4v) is 3.08. The lowest BCUT2D eigenvalue weighted by atomic mass is 10.2. The third kappa shape index (κ3) is 1.65. The molecule has 0 saturated heterocycles. The summed E-state index contributed by atoms with van der Waals surface area (Å²) < 4.78 is 3.04. The van der Waals surface area contributed by atoms with Crippen LogP contribution in [0.3, 0.4) is 0 Å². The van der Waals surface area contributed by atoms with Gasteiger partial charge in [0.15, 0.2) is 0 Å². The lowest BCUT2D eigenvalue weighted by Gasteiger charge is -2.02. The van der Waals surface area contributed by atoms with Crippen molar-refractivity contribution >= 4 is 32.5 Å². The Morgan fingerprint density at radius 1 is 0.900 bits per heavy atom. The molecule has 96 valence electrons. The molecular formula is C16H10BrN3.